The molecule has 1 heterocycles. The standard InChI is InChI=1S/C20H22N4O3S/c1-3-7-19(25)22-16-10-12-18(13-11-16)28(26,27)23(2)20-14-15-21-24(20)17-8-5-4-6-9-17/h4-6,8-15H,3,7H2,1-2H3,(H,22,25). The first-order valence-corrected chi connectivity index (χ1v) is 10.4. The van der Waals surface area contributed by atoms with E-state index in [-0.39, 0.29) is 10.8 Å². The average Bonchev–Trinajstić information content (AvgIpc) is 3.18. The molecule has 0 spiro atoms. The Hall–Kier alpha value is -3.13. The molecule has 7 nitrogen and oxygen atoms in total. The normalized spacial score (nSPS) is 11.2. The van der Waals surface area contributed by atoms with Gasteiger partial charge in [0.2, 0.25) is 5.91 Å². The van der Waals surface area contributed by atoms with Crippen LogP contribution < -0.4 is 9.62 Å². The summed E-state index contributed by atoms with van der Waals surface area (Å²) in [7, 11) is -2.30. The van der Waals surface area contributed by atoms with Gasteiger partial charge >= 0.3 is 0 Å². The van der Waals surface area contributed by atoms with Crippen LogP contribution in [0.2, 0.25) is 0 Å². The van der Waals surface area contributed by atoms with Crippen molar-refractivity contribution < 1.29 is 13.2 Å². The minimum Gasteiger partial charge on any atom is -0.326 e. The maximum absolute atomic E-state index is 13.0. The Morgan fingerprint density at radius 1 is 1.07 bits per heavy atom. The summed E-state index contributed by atoms with van der Waals surface area (Å²) in [5, 5.41) is 6.99. The zero-order valence-corrected chi connectivity index (χ0v) is 16.6. The van der Waals surface area contributed by atoms with Crippen molar-refractivity contribution in [3.63, 3.8) is 0 Å². The predicted molar refractivity (Wildman–Crippen MR) is 109 cm³/mol. The summed E-state index contributed by atoms with van der Waals surface area (Å²) in [4.78, 5) is 11.8. The van der Waals surface area contributed by atoms with Gasteiger partial charge in [-0.2, -0.15) is 5.10 Å². The number of amides is 1. The summed E-state index contributed by atoms with van der Waals surface area (Å²) >= 11 is 0. The van der Waals surface area contributed by atoms with Gasteiger partial charge in [0.25, 0.3) is 10.0 Å². The molecule has 1 N–H and O–H groups in total. The predicted octanol–water partition coefficient (Wildman–Crippen LogP) is 3.44. The van der Waals surface area contributed by atoms with E-state index in [9.17, 15) is 13.2 Å². The number of carbonyl (C=O) groups excluding carboxylic acids is 1. The molecule has 3 aromatic rings. The Kier molecular flexibility index (Phi) is 5.79. The largest absolute Gasteiger partial charge is 0.326 e. The molecular formula is C20H22N4O3S. The highest BCUT2D eigenvalue weighted by molar-refractivity contribution is 7.92. The summed E-state index contributed by atoms with van der Waals surface area (Å²) < 4.78 is 28.9. The van der Waals surface area contributed by atoms with Crippen molar-refractivity contribution in [1.29, 1.82) is 0 Å². The van der Waals surface area contributed by atoms with E-state index in [0.29, 0.717) is 17.9 Å². The van der Waals surface area contributed by atoms with Crippen LogP contribution in [0.1, 0.15) is 19.8 Å². The van der Waals surface area contributed by atoms with Crippen molar-refractivity contribution in [3.8, 4) is 5.69 Å². The lowest BCUT2D eigenvalue weighted by atomic mass is 10.3. The van der Waals surface area contributed by atoms with Gasteiger partial charge in [0, 0.05) is 25.2 Å². The second kappa shape index (κ2) is 8.26. The molecule has 0 aliphatic heterocycles. The average molecular weight is 398 g/mol. The topological polar surface area (TPSA) is 84.3 Å². The molecule has 2 aromatic carbocycles. The lowest BCUT2D eigenvalue weighted by Gasteiger charge is -2.20. The minimum atomic E-state index is -3.79. The molecule has 0 saturated heterocycles. The van der Waals surface area contributed by atoms with Crippen LogP contribution in [0.4, 0.5) is 11.5 Å². The summed E-state index contributed by atoms with van der Waals surface area (Å²) in [5.41, 5.74) is 1.33. The number of nitrogens with one attached hydrogen (secondary N) is 1. The summed E-state index contributed by atoms with van der Waals surface area (Å²) in [6, 6.07) is 17.1. The molecule has 1 amide bonds. The molecule has 0 fully saturated rings. The van der Waals surface area contributed by atoms with Gasteiger partial charge in [-0.05, 0) is 42.8 Å². The van der Waals surface area contributed by atoms with E-state index in [1.54, 1.807) is 29.1 Å². The van der Waals surface area contributed by atoms with Crippen molar-refractivity contribution in [2.75, 3.05) is 16.7 Å². The molecule has 0 aliphatic carbocycles. The zero-order chi connectivity index (χ0) is 20.1. The fourth-order valence-electron chi connectivity index (χ4n) is 2.74. The number of hydrogen-bond donors (Lipinski definition) is 1. The Balaban J connectivity index is 1.86. The number of anilines is 2. The van der Waals surface area contributed by atoms with Crippen molar-refractivity contribution in [2.24, 2.45) is 0 Å². The highest BCUT2D eigenvalue weighted by Crippen LogP contribution is 2.25. The van der Waals surface area contributed by atoms with Crippen LogP contribution in [0, 0.1) is 0 Å². The van der Waals surface area contributed by atoms with E-state index < -0.39 is 10.0 Å². The third-order valence-electron chi connectivity index (χ3n) is 4.22. The molecule has 8 heteroatoms. The third kappa shape index (κ3) is 4.07. The molecule has 0 radical (unpaired) electrons. The highest BCUT2D eigenvalue weighted by atomic mass is 32.2. The third-order valence-corrected chi connectivity index (χ3v) is 6.00. The summed E-state index contributed by atoms with van der Waals surface area (Å²) in [6.45, 7) is 1.92. The van der Waals surface area contributed by atoms with E-state index in [4.69, 9.17) is 0 Å². The van der Waals surface area contributed by atoms with E-state index >= 15 is 0 Å². The Bertz CT molecular complexity index is 1040. The highest BCUT2D eigenvalue weighted by Gasteiger charge is 2.24. The fraction of sp³-hybridized carbons (Fsp3) is 0.200. The molecule has 3 rings (SSSR count). The van der Waals surface area contributed by atoms with Gasteiger partial charge in [0.1, 0.15) is 5.82 Å². The number of aromatic nitrogens is 2. The molecule has 0 aliphatic rings. The quantitative estimate of drug-likeness (QED) is 0.661. The Labute approximate surface area is 164 Å². The number of sulfonamides is 1. The molecule has 0 atom stereocenters. The lowest BCUT2D eigenvalue weighted by molar-refractivity contribution is -0.116. The van der Waals surface area contributed by atoms with E-state index in [2.05, 4.69) is 10.4 Å². The molecule has 0 bridgehead atoms. The number of nitrogens with zero attached hydrogens (tertiary/aromatic N) is 3. The lowest BCUT2D eigenvalue weighted by Crippen LogP contribution is -2.28. The van der Waals surface area contributed by atoms with Crippen molar-refractivity contribution in [1.82, 2.24) is 9.78 Å². The van der Waals surface area contributed by atoms with Crippen molar-refractivity contribution >= 4 is 27.4 Å². The van der Waals surface area contributed by atoms with Gasteiger partial charge in [-0.15, -0.1) is 0 Å². The molecule has 1 aromatic heterocycles. The number of rotatable bonds is 7. The second-order valence-electron chi connectivity index (χ2n) is 6.23. The van der Waals surface area contributed by atoms with E-state index in [0.717, 1.165) is 12.1 Å². The Morgan fingerprint density at radius 2 is 1.75 bits per heavy atom. The van der Waals surface area contributed by atoms with Gasteiger partial charge < -0.3 is 5.32 Å². The van der Waals surface area contributed by atoms with Crippen LogP contribution in [0.15, 0.2) is 71.8 Å². The fourth-order valence-corrected chi connectivity index (χ4v) is 3.93. The van der Waals surface area contributed by atoms with E-state index in [1.165, 1.54) is 23.5 Å². The van der Waals surface area contributed by atoms with Crippen LogP contribution in [-0.2, 0) is 14.8 Å². The first-order chi connectivity index (χ1) is 13.4. The second-order valence-corrected chi connectivity index (χ2v) is 8.20. The van der Waals surface area contributed by atoms with Crippen LogP contribution in [-0.4, -0.2) is 31.2 Å². The van der Waals surface area contributed by atoms with Gasteiger partial charge in [-0.3, -0.25) is 9.10 Å². The van der Waals surface area contributed by atoms with Crippen molar-refractivity contribution in [2.45, 2.75) is 24.7 Å². The van der Waals surface area contributed by atoms with Crippen LogP contribution in [0.3, 0.4) is 0 Å². The monoisotopic (exact) mass is 398 g/mol. The molecule has 0 unspecified atom stereocenters. The summed E-state index contributed by atoms with van der Waals surface area (Å²) in [6.07, 6.45) is 2.73. The molecular weight excluding hydrogens is 376 g/mol. The van der Waals surface area contributed by atoms with Gasteiger partial charge in [-0.25, -0.2) is 13.1 Å². The first kappa shape index (κ1) is 19.6. The Morgan fingerprint density at radius 3 is 2.39 bits per heavy atom. The van der Waals surface area contributed by atoms with Gasteiger partial charge in [0.05, 0.1) is 16.8 Å². The minimum absolute atomic E-state index is 0.0954. The number of hydrogen-bond acceptors (Lipinski definition) is 4. The van der Waals surface area contributed by atoms with Gasteiger partial charge in [0.15, 0.2) is 0 Å². The van der Waals surface area contributed by atoms with E-state index in [1.807, 2.05) is 37.3 Å². The van der Waals surface area contributed by atoms with Crippen LogP contribution in [0.25, 0.3) is 5.69 Å². The molecule has 28 heavy (non-hydrogen) atoms. The maximum atomic E-state index is 13.0. The molecule has 0 saturated carbocycles. The van der Waals surface area contributed by atoms with Crippen LogP contribution >= 0.6 is 0 Å². The maximum Gasteiger partial charge on any atom is 0.265 e. The SMILES string of the molecule is CCCC(=O)Nc1ccc(S(=O)(=O)N(C)c2ccnn2-c2ccccc2)cc1. The molecule has 146 valence electrons. The summed E-state index contributed by atoms with van der Waals surface area (Å²) in [5.74, 6) is 0.327. The smallest absolute Gasteiger partial charge is 0.265 e. The van der Waals surface area contributed by atoms with Crippen LogP contribution in [0.5, 0.6) is 0 Å². The first-order valence-electron chi connectivity index (χ1n) is 8.92. The number of carbonyl (C=O) groups is 1. The zero-order valence-electron chi connectivity index (χ0n) is 15.7. The van der Waals surface area contributed by atoms with Crippen molar-refractivity contribution in [3.05, 3.63) is 66.9 Å². The number of benzene rings is 2. The van der Waals surface area contributed by atoms with Gasteiger partial charge in [-0.1, -0.05) is 25.1 Å². The number of para-hydroxylation sites is 1.